The van der Waals surface area contributed by atoms with E-state index in [1.54, 1.807) is 0 Å². The van der Waals surface area contributed by atoms with Crippen LogP contribution in [0.25, 0.3) is 0 Å². The summed E-state index contributed by atoms with van der Waals surface area (Å²) in [5.41, 5.74) is 2.53. The molecule has 4 heteroatoms. The SMILES string of the molecule is Brc1ccc(Cn2nccc2CNC2CC2)cc1. The predicted octanol–water partition coefficient (Wildman–Crippen LogP) is 2.95. The van der Waals surface area contributed by atoms with Crippen LogP contribution < -0.4 is 5.32 Å². The fraction of sp³-hybridized carbons (Fsp3) is 0.357. The highest BCUT2D eigenvalue weighted by Gasteiger charge is 2.20. The second-order valence-corrected chi connectivity index (χ2v) is 5.68. The number of benzene rings is 1. The van der Waals surface area contributed by atoms with Gasteiger partial charge >= 0.3 is 0 Å². The number of hydrogen-bond acceptors (Lipinski definition) is 2. The fourth-order valence-corrected chi connectivity index (χ4v) is 2.22. The van der Waals surface area contributed by atoms with Gasteiger partial charge in [0.05, 0.1) is 12.2 Å². The Morgan fingerprint density at radius 3 is 2.72 bits per heavy atom. The second-order valence-electron chi connectivity index (χ2n) is 4.76. The Kier molecular flexibility index (Phi) is 3.48. The lowest BCUT2D eigenvalue weighted by Crippen LogP contribution is -2.18. The molecular formula is C14H16BrN3. The molecule has 0 saturated heterocycles. The Hall–Kier alpha value is -1.13. The van der Waals surface area contributed by atoms with Gasteiger partial charge in [0.1, 0.15) is 0 Å². The van der Waals surface area contributed by atoms with E-state index in [9.17, 15) is 0 Å². The molecule has 1 aliphatic rings. The van der Waals surface area contributed by atoms with Crippen LogP contribution in [0.15, 0.2) is 41.0 Å². The fourth-order valence-electron chi connectivity index (χ4n) is 1.95. The highest BCUT2D eigenvalue weighted by Crippen LogP contribution is 2.19. The van der Waals surface area contributed by atoms with Gasteiger partial charge in [-0.15, -0.1) is 0 Å². The average molecular weight is 306 g/mol. The maximum absolute atomic E-state index is 4.40. The first kappa shape index (κ1) is 11.9. The van der Waals surface area contributed by atoms with Crippen LogP contribution in [0.4, 0.5) is 0 Å². The van der Waals surface area contributed by atoms with Gasteiger partial charge in [-0.05, 0) is 36.6 Å². The van der Waals surface area contributed by atoms with E-state index in [-0.39, 0.29) is 0 Å². The van der Waals surface area contributed by atoms with Crippen molar-refractivity contribution in [1.82, 2.24) is 15.1 Å². The van der Waals surface area contributed by atoms with E-state index >= 15 is 0 Å². The van der Waals surface area contributed by atoms with Gasteiger partial charge in [-0.1, -0.05) is 28.1 Å². The van der Waals surface area contributed by atoms with Crippen molar-refractivity contribution in [3.05, 3.63) is 52.3 Å². The lowest BCUT2D eigenvalue weighted by Gasteiger charge is -2.08. The summed E-state index contributed by atoms with van der Waals surface area (Å²) in [4.78, 5) is 0. The first-order valence-corrected chi connectivity index (χ1v) is 7.09. The molecule has 1 fully saturated rings. The summed E-state index contributed by atoms with van der Waals surface area (Å²) in [6, 6.07) is 11.2. The summed E-state index contributed by atoms with van der Waals surface area (Å²) in [5.74, 6) is 0. The van der Waals surface area contributed by atoms with Gasteiger partial charge in [0.15, 0.2) is 0 Å². The molecule has 1 aliphatic carbocycles. The van der Waals surface area contributed by atoms with Crippen LogP contribution in [0.1, 0.15) is 24.1 Å². The molecule has 94 valence electrons. The normalized spacial score (nSPS) is 14.9. The molecule has 1 N–H and O–H groups in total. The van der Waals surface area contributed by atoms with Crippen LogP contribution in [0.3, 0.4) is 0 Å². The monoisotopic (exact) mass is 305 g/mol. The van der Waals surface area contributed by atoms with Crippen molar-refractivity contribution in [3.8, 4) is 0 Å². The van der Waals surface area contributed by atoms with Gasteiger partial charge in [0, 0.05) is 23.3 Å². The Morgan fingerprint density at radius 1 is 1.22 bits per heavy atom. The molecule has 3 nitrogen and oxygen atoms in total. The molecule has 1 aromatic carbocycles. The van der Waals surface area contributed by atoms with Crippen LogP contribution >= 0.6 is 15.9 Å². The molecule has 1 aromatic heterocycles. The van der Waals surface area contributed by atoms with E-state index in [0.29, 0.717) is 0 Å². The summed E-state index contributed by atoms with van der Waals surface area (Å²) >= 11 is 3.45. The van der Waals surface area contributed by atoms with Gasteiger partial charge in [-0.25, -0.2) is 0 Å². The molecule has 0 radical (unpaired) electrons. The standard InChI is InChI=1S/C14H16BrN3/c15-12-3-1-11(2-4-12)10-18-14(7-8-17-18)9-16-13-5-6-13/h1-4,7-8,13,16H,5-6,9-10H2. The van der Waals surface area contributed by atoms with E-state index in [2.05, 4.69) is 61.4 Å². The van der Waals surface area contributed by atoms with Gasteiger partial charge < -0.3 is 5.32 Å². The zero-order valence-corrected chi connectivity index (χ0v) is 11.7. The van der Waals surface area contributed by atoms with Gasteiger partial charge in [-0.3, -0.25) is 4.68 Å². The summed E-state index contributed by atoms with van der Waals surface area (Å²) in [7, 11) is 0. The topological polar surface area (TPSA) is 29.9 Å². The lowest BCUT2D eigenvalue weighted by molar-refractivity contribution is 0.593. The van der Waals surface area contributed by atoms with Crippen molar-refractivity contribution < 1.29 is 0 Å². The Labute approximate surface area is 115 Å². The molecule has 1 heterocycles. The third-order valence-electron chi connectivity index (χ3n) is 3.20. The third kappa shape index (κ3) is 3.00. The van der Waals surface area contributed by atoms with Gasteiger partial charge in [0.2, 0.25) is 0 Å². The van der Waals surface area contributed by atoms with Gasteiger partial charge in [0.25, 0.3) is 0 Å². The number of hydrogen-bond donors (Lipinski definition) is 1. The van der Waals surface area contributed by atoms with Crippen LogP contribution in [0.2, 0.25) is 0 Å². The minimum Gasteiger partial charge on any atom is -0.308 e. The molecule has 0 spiro atoms. The first-order valence-electron chi connectivity index (χ1n) is 6.30. The van der Waals surface area contributed by atoms with E-state index < -0.39 is 0 Å². The van der Waals surface area contributed by atoms with Gasteiger partial charge in [-0.2, -0.15) is 5.10 Å². The summed E-state index contributed by atoms with van der Waals surface area (Å²) in [5, 5.41) is 7.92. The van der Waals surface area contributed by atoms with Crippen LogP contribution in [-0.4, -0.2) is 15.8 Å². The lowest BCUT2D eigenvalue weighted by atomic mass is 10.2. The van der Waals surface area contributed by atoms with Crippen molar-refractivity contribution >= 4 is 15.9 Å². The van der Waals surface area contributed by atoms with Crippen molar-refractivity contribution in [1.29, 1.82) is 0 Å². The molecule has 1 saturated carbocycles. The van der Waals surface area contributed by atoms with Crippen molar-refractivity contribution in [2.24, 2.45) is 0 Å². The summed E-state index contributed by atoms with van der Waals surface area (Å²) < 4.78 is 3.18. The zero-order chi connectivity index (χ0) is 12.4. The predicted molar refractivity (Wildman–Crippen MR) is 75.3 cm³/mol. The number of nitrogens with one attached hydrogen (secondary N) is 1. The van der Waals surface area contributed by atoms with E-state index in [1.807, 2.05) is 6.20 Å². The number of nitrogens with zero attached hydrogens (tertiary/aromatic N) is 2. The van der Waals surface area contributed by atoms with E-state index in [0.717, 1.165) is 23.6 Å². The van der Waals surface area contributed by atoms with Crippen molar-refractivity contribution in [2.75, 3.05) is 0 Å². The molecular weight excluding hydrogens is 290 g/mol. The van der Waals surface area contributed by atoms with Crippen molar-refractivity contribution in [2.45, 2.75) is 32.0 Å². The van der Waals surface area contributed by atoms with Crippen molar-refractivity contribution in [3.63, 3.8) is 0 Å². The molecule has 0 amide bonds. The molecule has 3 rings (SSSR count). The van der Waals surface area contributed by atoms with Crippen LogP contribution in [0.5, 0.6) is 0 Å². The van der Waals surface area contributed by atoms with Crippen LogP contribution in [-0.2, 0) is 13.1 Å². The Balaban J connectivity index is 1.67. The molecule has 2 aromatic rings. The molecule has 0 aliphatic heterocycles. The summed E-state index contributed by atoms with van der Waals surface area (Å²) in [6.45, 7) is 1.75. The number of rotatable bonds is 5. The molecule has 0 bridgehead atoms. The average Bonchev–Trinajstić information content (AvgIpc) is 3.11. The minimum absolute atomic E-state index is 0.737. The first-order chi connectivity index (χ1) is 8.81. The maximum Gasteiger partial charge on any atom is 0.0663 e. The molecule has 18 heavy (non-hydrogen) atoms. The smallest absolute Gasteiger partial charge is 0.0663 e. The Bertz CT molecular complexity index is 514. The third-order valence-corrected chi connectivity index (χ3v) is 3.73. The molecule has 0 atom stereocenters. The van der Waals surface area contributed by atoms with Crippen LogP contribution in [0, 0.1) is 0 Å². The largest absolute Gasteiger partial charge is 0.308 e. The number of aromatic nitrogens is 2. The quantitative estimate of drug-likeness (QED) is 0.920. The highest BCUT2D eigenvalue weighted by molar-refractivity contribution is 9.10. The summed E-state index contributed by atoms with van der Waals surface area (Å²) in [6.07, 6.45) is 4.52. The molecule has 0 unspecified atom stereocenters. The number of halogens is 1. The Morgan fingerprint density at radius 2 is 2.00 bits per heavy atom. The minimum atomic E-state index is 0.737. The van der Waals surface area contributed by atoms with E-state index in [4.69, 9.17) is 0 Å². The maximum atomic E-state index is 4.40. The van der Waals surface area contributed by atoms with E-state index in [1.165, 1.54) is 24.1 Å². The second kappa shape index (κ2) is 5.24. The zero-order valence-electron chi connectivity index (χ0n) is 10.1. The highest BCUT2D eigenvalue weighted by atomic mass is 79.9.